The number of benzene rings is 4. The lowest BCUT2D eigenvalue weighted by molar-refractivity contribution is -0.136. The predicted molar refractivity (Wildman–Crippen MR) is 163 cm³/mol. The van der Waals surface area contributed by atoms with Crippen LogP contribution in [0.15, 0.2) is 97.3 Å². The fraction of sp³-hybridized carbons (Fsp3) is 0.206. The van der Waals surface area contributed by atoms with Crippen molar-refractivity contribution in [1.82, 2.24) is 0 Å². The number of aliphatic hydroxyl groups is 2. The van der Waals surface area contributed by atoms with Crippen molar-refractivity contribution in [3.63, 3.8) is 0 Å². The summed E-state index contributed by atoms with van der Waals surface area (Å²) < 4.78 is 15.6. The number of ether oxygens (including phenoxy) is 3. The molecule has 2 atom stereocenters. The van der Waals surface area contributed by atoms with Crippen LogP contribution in [-0.2, 0) is 14.9 Å². The Labute approximate surface area is 254 Å². The third-order valence-electron chi connectivity index (χ3n) is 7.03. The van der Waals surface area contributed by atoms with Crippen LogP contribution >= 0.6 is 23.2 Å². The van der Waals surface area contributed by atoms with Gasteiger partial charge in [0.1, 0.15) is 31.0 Å². The number of hydrogen-bond donors (Lipinski definition) is 2. The molecule has 1 aliphatic heterocycles. The summed E-state index contributed by atoms with van der Waals surface area (Å²) in [5.74, 6) is 0.784. The SMILES string of the molecule is CC(O)COc1ccc(C2(c3ccc(OCC(C)O)c(Cl)c3)c3ccccc3-c3ccccc32)cc1Cl.O=C1C=CO1. The molecule has 0 bridgehead atoms. The molecule has 1 aliphatic carbocycles. The zero-order chi connectivity index (χ0) is 29.9. The molecule has 0 aromatic heterocycles. The van der Waals surface area contributed by atoms with Crippen molar-refractivity contribution in [3.05, 3.63) is 130 Å². The van der Waals surface area contributed by atoms with Crippen LogP contribution in [-0.4, -0.2) is 41.6 Å². The summed E-state index contributed by atoms with van der Waals surface area (Å²) >= 11 is 13.5. The van der Waals surface area contributed by atoms with Gasteiger partial charge >= 0.3 is 5.97 Å². The quantitative estimate of drug-likeness (QED) is 0.187. The van der Waals surface area contributed by atoms with Gasteiger partial charge in [0.05, 0.1) is 33.7 Å². The smallest absolute Gasteiger partial charge is 0.338 e. The first-order valence-corrected chi connectivity index (χ1v) is 14.3. The molecule has 2 N–H and O–H groups in total. The van der Waals surface area contributed by atoms with Gasteiger partial charge in [0, 0.05) is 0 Å². The second kappa shape index (κ2) is 12.6. The standard InChI is InChI=1S/C31H28Cl2O4.C3H2O2/c1-19(34)17-36-29-13-11-21(15-27(29)32)31(22-12-14-30(28(33)16-22)37-18-20(2)35)25-9-5-3-7-23(25)24-8-4-6-10-26(24)31;4-3-1-2-5-3/h3-16,19-20,34-35H,17-18H2,1-2H3;1-2H. The Kier molecular flexibility index (Phi) is 8.90. The molecule has 4 aromatic carbocycles. The van der Waals surface area contributed by atoms with Gasteiger partial charge < -0.3 is 24.4 Å². The monoisotopic (exact) mass is 604 g/mol. The summed E-state index contributed by atoms with van der Waals surface area (Å²) in [7, 11) is 0. The number of carbonyl (C=O) groups excluding carboxylic acids is 1. The number of fused-ring (bicyclic) bond motifs is 3. The fourth-order valence-electron chi connectivity index (χ4n) is 5.27. The van der Waals surface area contributed by atoms with Gasteiger partial charge in [-0.15, -0.1) is 0 Å². The Morgan fingerprint density at radius 1 is 0.738 bits per heavy atom. The third kappa shape index (κ3) is 5.76. The van der Waals surface area contributed by atoms with Crippen LogP contribution in [0.1, 0.15) is 36.1 Å². The highest BCUT2D eigenvalue weighted by molar-refractivity contribution is 6.32. The summed E-state index contributed by atoms with van der Waals surface area (Å²) in [5, 5.41) is 20.2. The van der Waals surface area contributed by atoms with E-state index in [1.807, 2.05) is 60.7 Å². The van der Waals surface area contributed by atoms with Crippen LogP contribution in [0, 0.1) is 0 Å². The number of hydrogen-bond acceptors (Lipinski definition) is 6. The van der Waals surface area contributed by atoms with Gasteiger partial charge in [-0.05, 0) is 71.5 Å². The van der Waals surface area contributed by atoms with E-state index in [4.69, 9.17) is 32.7 Å². The largest absolute Gasteiger partial charge is 0.489 e. The molecular formula is C34H30Cl2O6. The Bertz CT molecular complexity index is 1520. The molecule has 4 aromatic rings. The molecule has 2 aliphatic rings. The maximum absolute atomic E-state index is 9.65. The van der Waals surface area contributed by atoms with Crippen molar-refractivity contribution >= 4 is 29.2 Å². The van der Waals surface area contributed by atoms with E-state index in [0.717, 1.165) is 33.4 Å². The van der Waals surface area contributed by atoms with Gasteiger partial charge in [-0.1, -0.05) is 83.9 Å². The minimum atomic E-state index is -0.688. The molecule has 8 heteroatoms. The molecule has 42 heavy (non-hydrogen) atoms. The van der Waals surface area contributed by atoms with Crippen LogP contribution in [0.3, 0.4) is 0 Å². The summed E-state index contributed by atoms with van der Waals surface area (Å²) in [5.41, 5.74) is 5.79. The van der Waals surface area contributed by atoms with Gasteiger partial charge in [-0.3, -0.25) is 0 Å². The van der Waals surface area contributed by atoms with E-state index in [1.165, 1.54) is 12.3 Å². The predicted octanol–water partition coefficient (Wildman–Crippen LogP) is 6.93. The molecule has 1 heterocycles. The summed E-state index contributed by atoms with van der Waals surface area (Å²) in [6.07, 6.45) is 1.50. The molecule has 0 saturated carbocycles. The topological polar surface area (TPSA) is 85.2 Å². The Balaban J connectivity index is 0.000000639. The molecule has 0 fully saturated rings. The third-order valence-corrected chi connectivity index (χ3v) is 7.62. The van der Waals surface area contributed by atoms with Crippen molar-refractivity contribution in [2.45, 2.75) is 31.5 Å². The van der Waals surface area contributed by atoms with Crippen LogP contribution in [0.4, 0.5) is 0 Å². The van der Waals surface area contributed by atoms with Gasteiger partial charge in [-0.2, -0.15) is 0 Å². The molecule has 0 spiro atoms. The minimum absolute atomic E-state index is 0.152. The number of esters is 1. The van der Waals surface area contributed by atoms with E-state index in [1.54, 1.807) is 13.8 Å². The number of carbonyl (C=O) groups is 1. The second-order valence-electron chi connectivity index (χ2n) is 10.2. The van der Waals surface area contributed by atoms with E-state index >= 15 is 0 Å². The maximum atomic E-state index is 9.65. The van der Waals surface area contributed by atoms with E-state index in [0.29, 0.717) is 21.5 Å². The first-order chi connectivity index (χ1) is 20.2. The lowest BCUT2D eigenvalue weighted by Gasteiger charge is -2.34. The van der Waals surface area contributed by atoms with E-state index < -0.39 is 17.6 Å². The summed E-state index contributed by atoms with van der Waals surface area (Å²) in [4.78, 5) is 9.59. The van der Waals surface area contributed by atoms with Crippen molar-refractivity contribution < 1.29 is 29.2 Å². The highest BCUT2D eigenvalue weighted by atomic mass is 35.5. The van der Waals surface area contributed by atoms with Crippen LogP contribution < -0.4 is 9.47 Å². The van der Waals surface area contributed by atoms with Gasteiger partial charge in [0.25, 0.3) is 0 Å². The zero-order valence-electron chi connectivity index (χ0n) is 23.1. The number of aliphatic hydroxyl groups excluding tert-OH is 2. The van der Waals surface area contributed by atoms with E-state index in [-0.39, 0.29) is 19.2 Å². The minimum Gasteiger partial charge on any atom is -0.489 e. The van der Waals surface area contributed by atoms with Crippen LogP contribution in [0.5, 0.6) is 11.5 Å². The van der Waals surface area contributed by atoms with E-state index in [9.17, 15) is 15.0 Å². The average molecular weight is 606 g/mol. The average Bonchev–Trinajstić information content (AvgIpc) is 3.26. The number of halogens is 2. The highest BCUT2D eigenvalue weighted by Gasteiger charge is 2.46. The van der Waals surface area contributed by atoms with Crippen LogP contribution in [0.25, 0.3) is 11.1 Å². The zero-order valence-corrected chi connectivity index (χ0v) is 24.6. The number of rotatable bonds is 8. The van der Waals surface area contributed by atoms with Crippen molar-refractivity contribution in [1.29, 1.82) is 0 Å². The molecule has 0 saturated heterocycles. The number of cyclic esters (lactones) is 1. The first kappa shape index (κ1) is 29.7. The maximum Gasteiger partial charge on any atom is 0.338 e. The molecule has 2 unspecified atom stereocenters. The van der Waals surface area contributed by atoms with Gasteiger partial charge in [0.15, 0.2) is 0 Å². The lowest BCUT2D eigenvalue weighted by Crippen LogP contribution is -2.28. The summed E-state index contributed by atoms with van der Waals surface area (Å²) in [6, 6.07) is 28.4. The molecule has 6 rings (SSSR count). The van der Waals surface area contributed by atoms with Crippen LogP contribution in [0.2, 0.25) is 10.0 Å². The fourth-order valence-corrected chi connectivity index (χ4v) is 5.74. The molecular weight excluding hydrogens is 575 g/mol. The molecule has 216 valence electrons. The van der Waals surface area contributed by atoms with Crippen molar-refractivity contribution in [2.75, 3.05) is 13.2 Å². The van der Waals surface area contributed by atoms with Gasteiger partial charge in [-0.25, -0.2) is 4.79 Å². The van der Waals surface area contributed by atoms with E-state index in [2.05, 4.69) is 29.0 Å². The molecule has 0 amide bonds. The van der Waals surface area contributed by atoms with Crippen molar-refractivity contribution in [2.24, 2.45) is 0 Å². The first-order valence-electron chi connectivity index (χ1n) is 13.5. The van der Waals surface area contributed by atoms with Gasteiger partial charge in [0.2, 0.25) is 0 Å². The Hall–Kier alpha value is -3.81. The Morgan fingerprint density at radius 3 is 1.48 bits per heavy atom. The summed E-state index contributed by atoms with van der Waals surface area (Å²) in [6.45, 7) is 3.64. The van der Waals surface area contributed by atoms with Crippen molar-refractivity contribution in [3.8, 4) is 22.6 Å². The molecule has 0 radical (unpaired) electrons. The second-order valence-corrected chi connectivity index (χ2v) is 11.0. The highest BCUT2D eigenvalue weighted by Crippen LogP contribution is 2.57. The molecule has 6 nitrogen and oxygen atoms in total. The Morgan fingerprint density at radius 2 is 1.14 bits per heavy atom. The normalized spacial score (nSPS) is 15.2. The lowest BCUT2D eigenvalue weighted by atomic mass is 9.67.